The average molecular weight is 255 g/mol. The highest BCUT2D eigenvalue weighted by molar-refractivity contribution is 5.91. The molecule has 1 aliphatic heterocycles. The van der Waals surface area contributed by atoms with Crippen molar-refractivity contribution >= 4 is 17.9 Å². The number of nitrogens with zero attached hydrogens (tertiary/aromatic N) is 1. The molecule has 0 aromatic carbocycles. The summed E-state index contributed by atoms with van der Waals surface area (Å²) in [7, 11) is 0. The van der Waals surface area contributed by atoms with Crippen LogP contribution in [0.1, 0.15) is 26.2 Å². The second kappa shape index (κ2) is 4.47. The van der Waals surface area contributed by atoms with Gasteiger partial charge in [-0.25, -0.2) is 9.59 Å². The number of rotatable bonds is 2. The second-order valence-electron chi connectivity index (χ2n) is 4.83. The second-order valence-corrected chi connectivity index (χ2v) is 4.83. The third kappa shape index (κ3) is 2.00. The van der Waals surface area contributed by atoms with Crippen molar-refractivity contribution in [1.29, 1.82) is 0 Å². The zero-order valence-corrected chi connectivity index (χ0v) is 10.2. The summed E-state index contributed by atoms with van der Waals surface area (Å²) in [6, 6.07) is -1.04. The molecule has 2 fully saturated rings. The van der Waals surface area contributed by atoms with Crippen LogP contribution in [0.2, 0.25) is 0 Å². The lowest BCUT2D eigenvalue weighted by Crippen LogP contribution is -2.65. The van der Waals surface area contributed by atoms with Gasteiger partial charge in [-0.05, 0) is 26.2 Å². The maximum Gasteiger partial charge on any atom is 0.329 e. The van der Waals surface area contributed by atoms with Crippen LogP contribution in [-0.2, 0) is 9.59 Å². The van der Waals surface area contributed by atoms with E-state index in [0.29, 0.717) is 25.9 Å². The van der Waals surface area contributed by atoms with Gasteiger partial charge in [-0.1, -0.05) is 0 Å². The van der Waals surface area contributed by atoms with E-state index in [4.69, 9.17) is 5.11 Å². The highest BCUT2D eigenvalue weighted by Gasteiger charge is 2.47. The first-order valence-corrected chi connectivity index (χ1v) is 6.06. The van der Waals surface area contributed by atoms with Gasteiger partial charge < -0.3 is 20.6 Å². The lowest BCUT2D eigenvalue weighted by atomic mass is 9.77. The van der Waals surface area contributed by atoms with E-state index in [1.165, 1.54) is 4.90 Å². The summed E-state index contributed by atoms with van der Waals surface area (Å²) in [5, 5.41) is 14.3. The fraction of sp³-hybridized carbons (Fsp3) is 0.727. The summed E-state index contributed by atoms with van der Waals surface area (Å²) in [6.07, 6.45) is 1.69. The largest absolute Gasteiger partial charge is 0.480 e. The molecule has 2 aliphatic rings. The van der Waals surface area contributed by atoms with Crippen LogP contribution < -0.4 is 10.6 Å². The molecule has 0 aromatic heterocycles. The van der Waals surface area contributed by atoms with Crippen molar-refractivity contribution in [2.45, 2.75) is 37.8 Å². The minimum Gasteiger partial charge on any atom is -0.480 e. The third-order valence-corrected chi connectivity index (χ3v) is 3.72. The number of piperazine rings is 1. The lowest BCUT2D eigenvalue weighted by Gasteiger charge is -2.41. The molecular formula is C11H17N3O4. The Morgan fingerprint density at radius 1 is 1.50 bits per heavy atom. The monoisotopic (exact) mass is 255 g/mol. The maximum atomic E-state index is 12.0. The highest BCUT2D eigenvalue weighted by atomic mass is 16.4. The van der Waals surface area contributed by atoms with Crippen LogP contribution in [0.25, 0.3) is 0 Å². The maximum absolute atomic E-state index is 12.0. The summed E-state index contributed by atoms with van der Waals surface area (Å²) in [5.41, 5.74) is -1.13. The molecule has 18 heavy (non-hydrogen) atoms. The SMILES string of the molecule is CC1C(=O)NCCN1C(=O)NC1(C(=O)O)CCC1. The first-order chi connectivity index (χ1) is 8.46. The Labute approximate surface area is 105 Å². The normalized spacial score (nSPS) is 25.9. The number of carbonyl (C=O) groups is 3. The molecule has 1 atom stereocenters. The number of hydrogen-bond donors (Lipinski definition) is 3. The molecule has 0 aromatic rings. The molecule has 3 amide bonds. The molecule has 0 spiro atoms. The quantitative estimate of drug-likeness (QED) is 0.621. The molecular weight excluding hydrogens is 238 g/mol. The lowest BCUT2D eigenvalue weighted by molar-refractivity contribution is -0.148. The standard InChI is InChI=1S/C11H17N3O4/c1-7-8(15)12-5-6-14(7)10(18)13-11(9(16)17)3-2-4-11/h7H,2-6H2,1H3,(H,12,15)(H,13,18)(H,16,17). The number of hydrogen-bond acceptors (Lipinski definition) is 3. The van der Waals surface area contributed by atoms with Crippen molar-refractivity contribution in [2.75, 3.05) is 13.1 Å². The molecule has 1 unspecified atom stereocenters. The van der Waals surface area contributed by atoms with Crippen molar-refractivity contribution in [3.05, 3.63) is 0 Å². The summed E-state index contributed by atoms with van der Waals surface area (Å²) < 4.78 is 0. The molecule has 100 valence electrons. The summed E-state index contributed by atoms with van der Waals surface area (Å²) >= 11 is 0. The van der Waals surface area contributed by atoms with Gasteiger partial charge in [-0.15, -0.1) is 0 Å². The van der Waals surface area contributed by atoms with Gasteiger partial charge in [0.05, 0.1) is 0 Å². The Morgan fingerprint density at radius 2 is 2.17 bits per heavy atom. The number of aliphatic carboxylic acids is 1. The van der Waals surface area contributed by atoms with Crippen molar-refractivity contribution < 1.29 is 19.5 Å². The van der Waals surface area contributed by atoms with Gasteiger partial charge in [0.1, 0.15) is 11.6 Å². The zero-order valence-electron chi connectivity index (χ0n) is 10.2. The van der Waals surface area contributed by atoms with Crippen LogP contribution in [-0.4, -0.2) is 52.6 Å². The molecule has 7 nitrogen and oxygen atoms in total. The van der Waals surface area contributed by atoms with Gasteiger partial charge in [0, 0.05) is 13.1 Å². The van der Waals surface area contributed by atoms with Gasteiger partial charge in [0.25, 0.3) is 0 Å². The fourth-order valence-corrected chi connectivity index (χ4v) is 2.26. The van der Waals surface area contributed by atoms with E-state index in [2.05, 4.69) is 10.6 Å². The van der Waals surface area contributed by atoms with Gasteiger partial charge in [-0.3, -0.25) is 4.79 Å². The number of urea groups is 1. The van der Waals surface area contributed by atoms with Crippen LogP contribution in [0.3, 0.4) is 0 Å². The molecule has 1 aliphatic carbocycles. The summed E-state index contributed by atoms with van der Waals surface area (Å²) in [4.78, 5) is 36.0. The minimum absolute atomic E-state index is 0.214. The highest BCUT2D eigenvalue weighted by Crippen LogP contribution is 2.32. The van der Waals surface area contributed by atoms with E-state index in [0.717, 1.165) is 6.42 Å². The number of amides is 3. The number of carbonyl (C=O) groups excluding carboxylic acids is 2. The predicted molar refractivity (Wildman–Crippen MR) is 61.9 cm³/mol. The van der Waals surface area contributed by atoms with E-state index in [-0.39, 0.29) is 5.91 Å². The zero-order chi connectivity index (χ0) is 13.3. The fourth-order valence-electron chi connectivity index (χ4n) is 2.26. The van der Waals surface area contributed by atoms with Crippen LogP contribution in [0, 0.1) is 0 Å². The number of carboxylic acid groups (broad SMARTS) is 1. The molecule has 3 N–H and O–H groups in total. The van der Waals surface area contributed by atoms with Crippen LogP contribution >= 0.6 is 0 Å². The van der Waals surface area contributed by atoms with Crippen LogP contribution in [0.15, 0.2) is 0 Å². The van der Waals surface area contributed by atoms with Gasteiger partial charge in [0.15, 0.2) is 0 Å². The van der Waals surface area contributed by atoms with Gasteiger partial charge in [-0.2, -0.15) is 0 Å². The molecule has 2 rings (SSSR count). The summed E-state index contributed by atoms with van der Waals surface area (Å²) in [6.45, 7) is 2.42. The Hall–Kier alpha value is -1.79. The van der Waals surface area contributed by atoms with E-state index in [9.17, 15) is 14.4 Å². The van der Waals surface area contributed by atoms with Crippen LogP contribution in [0.5, 0.6) is 0 Å². The van der Waals surface area contributed by atoms with Gasteiger partial charge in [0.2, 0.25) is 5.91 Å². The molecule has 1 heterocycles. The molecule has 1 saturated heterocycles. The number of nitrogens with one attached hydrogen (secondary N) is 2. The molecule has 1 saturated carbocycles. The molecule has 0 bridgehead atoms. The number of carboxylic acids is 1. The Morgan fingerprint density at radius 3 is 2.67 bits per heavy atom. The van der Waals surface area contributed by atoms with E-state index in [1.807, 2.05) is 0 Å². The van der Waals surface area contributed by atoms with Gasteiger partial charge >= 0.3 is 12.0 Å². The van der Waals surface area contributed by atoms with Crippen molar-refractivity contribution in [3.8, 4) is 0 Å². The Balaban J connectivity index is 2.03. The third-order valence-electron chi connectivity index (χ3n) is 3.72. The van der Waals surface area contributed by atoms with Crippen molar-refractivity contribution in [2.24, 2.45) is 0 Å². The molecule has 7 heteroatoms. The predicted octanol–water partition coefficient (Wildman–Crippen LogP) is -0.476. The van der Waals surface area contributed by atoms with E-state index >= 15 is 0 Å². The summed E-state index contributed by atoms with van der Waals surface area (Å²) in [5.74, 6) is -1.22. The minimum atomic E-state index is -1.13. The van der Waals surface area contributed by atoms with Crippen molar-refractivity contribution in [3.63, 3.8) is 0 Å². The Bertz CT molecular complexity index is 392. The first-order valence-electron chi connectivity index (χ1n) is 6.06. The van der Waals surface area contributed by atoms with Crippen molar-refractivity contribution in [1.82, 2.24) is 15.5 Å². The smallest absolute Gasteiger partial charge is 0.329 e. The average Bonchev–Trinajstić information content (AvgIpc) is 2.26. The Kier molecular flexibility index (Phi) is 3.14. The topological polar surface area (TPSA) is 98.7 Å². The van der Waals surface area contributed by atoms with E-state index < -0.39 is 23.6 Å². The van der Waals surface area contributed by atoms with Crippen LogP contribution in [0.4, 0.5) is 4.79 Å². The first kappa shape index (κ1) is 12.7. The van der Waals surface area contributed by atoms with E-state index in [1.54, 1.807) is 6.92 Å². The molecule has 0 radical (unpaired) electrons.